The predicted molar refractivity (Wildman–Crippen MR) is 68.0 cm³/mol. The van der Waals surface area contributed by atoms with Crippen molar-refractivity contribution in [1.82, 2.24) is 5.43 Å². The molecule has 0 amide bonds. The van der Waals surface area contributed by atoms with E-state index in [-0.39, 0.29) is 16.6 Å². The molecule has 0 heterocycles. The van der Waals surface area contributed by atoms with E-state index in [9.17, 15) is 8.78 Å². The number of hydrogen-bond donors (Lipinski definition) is 2. The van der Waals surface area contributed by atoms with E-state index in [0.717, 1.165) is 31.4 Å². The van der Waals surface area contributed by atoms with Crippen LogP contribution in [0.4, 0.5) is 8.78 Å². The Morgan fingerprint density at radius 3 is 2.56 bits per heavy atom. The van der Waals surface area contributed by atoms with Crippen molar-refractivity contribution in [3.63, 3.8) is 0 Å². The van der Waals surface area contributed by atoms with Gasteiger partial charge in [0.2, 0.25) is 0 Å². The Bertz CT molecular complexity index is 420. The molecular formula is C13H17ClF2N2. The second-order valence-electron chi connectivity index (χ2n) is 4.89. The first-order chi connectivity index (χ1) is 8.61. The van der Waals surface area contributed by atoms with Gasteiger partial charge in [-0.3, -0.25) is 11.3 Å². The molecule has 1 aromatic rings. The van der Waals surface area contributed by atoms with Crippen LogP contribution in [0.15, 0.2) is 12.1 Å². The third kappa shape index (κ3) is 2.99. The minimum Gasteiger partial charge on any atom is -0.271 e. The Balaban J connectivity index is 2.18. The summed E-state index contributed by atoms with van der Waals surface area (Å²) in [6, 6.07) is 1.78. The van der Waals surface area contributed by atoms with E-state index in [0.29, 0.717) is 5.92 Å². The van der Waals surface area contributed by atoms with Gasteiger partial charge in [0.25, 0.3) is 0 Å². The molecule has 1 unspecified atom stereocenters. The number of nitrogens with one attached hydrogen (secondary N) is 1. The van der Waals surface area contributed by atoms with Gasteiger partial charge < -0.3 is 0 Å². The highest BCUT2D eigenvalue weighted by Crippen LogP contribution is 2.34. The summed E-state index contributed by atoms with van der Waals surface area (Å²) in [5, 5.41) is -0.201. The lowest BCUT2D eigenvalue weighted by molar-refractivity contribution is 0.388. The Hall–Kier alpha value is -0.710. The molecule has 0 radical (unpaired) electrons. The third-order valence-corrected chi connectivity index (χ3v) is 3.95. The highest BCUT2D eigenvalue weighted by Gasteiger charge is 2.23. The van der Waals surface area contributed by atoms with Gasteiger partial charge in [-0.1, -0.05) is 37.3 Å². The molecule has 1 aromatic carbocycles. The number of hydrazine groups is 1. The van der Waals surface area contributed by atoms with Gasteiger partial charge in [0, 0.05) is 11.6 Å². The normalized spacial score (nSPS) is 18.2. The highest BCUT2D eigenvalue weighted by molar-refractivity contribution is 6.30. The second-order valence-corrected chi connectivity index (χ2v) is 5.30. The van der Waals surface area contributed by atoms with Crippen molar-refractivity contribution in [1.29, 1.82) is 0 Å². The quantitative estimate of drug-likeness (QED) is 0.499. The number of nitrogens with two attached hydrogens (primary N) is 1. The topological polar surface area (TPSA) is 38.0 Å². The first-order valence-corrected chi connectivity index (χ1v) is 6.60. The van der Waals surface area contributed by atoms with Crippen LogP contribution in [0.2, 0.25) is 5.02 Å². The van der Waals surface area contributed by atoms with Crippen LogP contribution >= 0.6 is 11.6 Å². The maximum absolute atomic E-state index is 13.8. The van der Waals surface area contributed by atoms with Gasteiger partial charge >= 0.3 is 0 Å². The summed E-state index contributed by atoms with van der Waals surface area (Å²) < 4.78 is 27.2. The zero-order valence-corrected chi connectivity index (χ0v) is 10.8. The van der Waals surface area contributed by atoms with Crippen molar-refractivity contribution in [2.45, 2.75) is 38.1 Å². The molecule has 5 heteroatoms. The Morgan fingerprint density at radius 1 is 1.28 bits per heavy atom. The van der Waals surface area contributed by atoms with Gasteiger partial charge in [0.15, 0.2) is 0 Å². The van der Waals surface area contributed by atoms with E-state index >= 15 is 0 Å². The Kier molecular flexibility index (Phi) is 4.54. The second kappa shape index (κ2) is 5.95. The summed E-state index contributed by atoms with van der Waals surface area (Å²) in [4.78, 5) is 0. The van der Waals surface area contributed by atoms with Crippen molar-refractivity contribution in [2.75, 3.05) is 0 Å². The minimum absolute atomic E-state index is 0.201. The van der Waals surface area contributed by atoms with E-state index in [4.69, 9.17) is 17.4 Å². The molecule has 0 aliphatic heterocycles. The van der Waals surface area contributed by atoms with Crippen molar-refractivity contribution in [3.8, 4) is 0 Å². The molecule has 1 saturated carbocycles. The Labute approximate surface area is 110 Å². The van der Waals surface area contributed by atoms with Gasteiger partial charge in [-0.2, -0.15) is 0 Å². The number of hydrogen-bond acceptors (Lipinski definition) is 2. The average Bonchev–Trinajstić information content (AvgIpc) is 2.84. The van der Waals surface area contributed by atoms with Crippen LogP contribution in [0, 0.1) is 17.6 Å². The molecule has 0 spiro atoms. The molecule has 0 bridgehead atoms. The van der Waals surface area contributed by atoms with Crippen LogP contribution < -0.4 is 11.3 Å². The highest BCUT2D eigenvalue weighted by atomic mass is 35.5. The van der Waals surface area contributed by atoms with Gasteiger partial charge in [0.05, 0.1) is 5.02 Å². The fraction of sp³-hybridized carbons (Fsp3) is 0.538. The first-order valence-electron chi connectivity index (χ1n) is 6.22. The minimum atomic E-state index is -0.611. The van der Waals surface area contributed by atoms with E-state index in [1.807, 2.05) is 0 Å². The summed E-state index contributed by atoms with van der Waals surface area (Å²) in [7, 11) is 0. The maximum atomic E-state index is 13.8. The molecule has 0 saturated heterocycles. The van der Waals surface area contributed by atoms with Gasteiger partial charge in [-0.05, 0) is 24.5 Å². The molecule has 3 N–H and O–H groups in total. The summed E-state index contributed by atoms with van der Waals surface area (Å²) in [6.45, 7) is 0. The van der Waals surface area contributed by atoms with Crippen molar-refractivity contribution >= 4 is 11.6 Å². The molecule has 2 rings (SSSR count). The maximum Gasteiger partial charge on any atom is 0.142 e. The van der Waals surface area contributed by atoms with E-state index in [1.54, 1.807) is 0 Å². The fourth-order valence-corrected chi connectivity index (χ4v) is 2.82. The fourth-order valence-electron chi connectivity index (χ4n) is 2.67. The molecule has 100 valence electrons. The molecule has 0 aromatic heterocycles. The molecular weight excluding hydrogens is 258 g/mol. The van der Waals surface area contributed by atoms with E-state index < -0.39 is 11.6 Å². The van der Waals surface area contributed by atoms with Gasteiger partial charge in [0.1, 0.15) is 11.6 Å². The summed E-state index contributed by atoms with van der Waals surface area (Å²) >= 11 is 5.54. The summed E-state index contributed by atoms with van der Waals surface area (Å²) in [5.74, 6) is 4.88. The van der Waals surface area contributed by atoms with Crippen LogP contribution in [0.3, 0.4) is 0 Å². The molecule has 1 aliphatic rings. The lowest BCUT2D eigenvalue weighted by Gasteiger charge is -2.21. The lowest BCUT2D eigenvalue weighted by atomic mass is 9.93. The molecule has 1 atom stereocenters. The zero-order chi connectivity index (χ0) is 13.1. The number of benzene rings is 1. The van der Waals surface area contributed by atoms with Crippen LogP contribution in [0.1, 0.15) is 43.7 Å². The molecule has 1 fully saturated rings. The van der Waals surface area contributed by atoms with E-state index in [1.165, 1.54) is 12.8 Å². The average molecular weight is 275 g/mol. The zero-order valence-electron chi connectivity index (χ0n) is 10.1. The Morgan fingerprint density at radius 2 is 1.94 bits per heavy atom. The molecule has 2 nitrogen and oxygen atoms in total. The standard InChI is InChI=1S/C13H17ClF2N2/c14-10-7-11(15)9(6-12(10)16)13(18-17)5-8-3-1-2-4-8/h6-8,13,18H,1-5,17H2. The van der Waals surface area contributed by atoms with Gasteiger partial charge in [-0.25, -0.2) is 8.78 Å². The SMILES string of the molecule is NNC(CC1CCCC1)c1cc(F)c(Cl)cc1F. The molecule has 1 aliphatic carbocycles. The smallest absolute Gasteiger partial charge is 0.142 e. The van der Waals surface area contributed by atoms with Gasteiger partial charge in [-0.15, -0.1) is 0 Å². The largest absolute Gasteiger partial charge is 0.271 e. The molecule has 18 heavy (non-hydrogen) atoms. The third-order valence-electron chi connectivity index (χ3n) is 3.66. The summed E-state index contributed by atoms with van der Waals surface area (Å²) in [6.07, 6.45) is 5.42. The van der Waals surface area contributed by atoms with E-state index in [2.05, 4.69) is 5.43 Å². The van der Waals surface area contributed by atoms with Crippen LogP contribution in [0.5, 0.6) is 0 Å². The number of rotatable bonds is 4. The van der Waals surface area contributed by atoms with Crippen molar-refractivity contribution < 1.29 is 8.78 Å². The monoisotopic (exact) mass is 274 g/mol. The van der Waals surface area contributed by atoms with Crippen molar-refractivity contribution in [2.24, 2.45) is 11.8 Å². The first kappa shape index (κ1) is 13.7. The van der Waals surface area contributed by atoms with Crippen molar-refractivity contribution in [3.05, 3.63) is 34.4 Å². The lowest BCUT2D eigenvalue weighted by Crippen LogP contribution is -2.30. The predicted octanol–water partition coefficient (Wildman–Crippen LogP) is 3.70. The summed E-state index contributed by atoms with van der Waals surface area (Å²) in [5.41, 5.74) is 2.84. The van der Waals surface area contributed by atoms with Crippen LogP contribution in [0.25, 0.3) is 0 Å². The van der Waals surface area contributed by atoms with Crippen LogP contribution in [-0.2, 0) is 0 Å². The van der Waals surface area contributed by atoms with Crippen LogP contribution in [-0.4, -0.2) is 0 Å². The number of halogens is 3.